The number of hydrogen-bond acceptors (Lipinski definition) is 3. The summed E-state index contributed by atoms with van der Waals surface area (Å²) < 4.78 is 5.17. The predicted molar refractivity (Wildman–Crippen MR) is 75.7 cm³/mol. The molecule has 3 heteroatoms. The number of rotatable bonds is 7. The molecule has 0 bridgehead atoms. The summed E-state index contributed by atoms with van der Waals surface area (Å²) in [6, 6.07) is 9.02. The van der Waals surface area contributed by atoms with Crippen LogP contribution in [-0.2, 0) is 4.74 Å². The van der Waals surface area contributed by atoms with Gasteiger partial charge in [0.05, 0.1) is 0 Å². The minimum Gasteiger partial charge on any atom is -0.385 e. The normalized spacial score (nSPS) is 14.6. The van der Waals surface area contributed by atoms with Gasteiger partial charge in [-0.1, -0.05) is 25.1 Å². The molecular formula is C14H23NOS. The third kappa shape index (κ3) is 4.02. The molecule has 2 atom stereocenters. The van der Waals surface area contributed by atoms with E-state index in [4.69, 9.17) is 4.74 Å². The monoisotopic (exact) mass is 253 g/mol. The lowest BCUT2D eigenvalue weighted by molar-refractivity contribution is 0.171. The maximum atomic E-state index is 5.17. The van der Waals surface area contributed by atoms with Crippen LogP contribution >= 0.6 is 11.8 Å². The average Bonchev–Trinajstić information content (AvgIpc) is 2.37. The number of hydrogen-bond donors (Lipinski definition) is 1. The summed E-state index contributed by atoms with van der Waals surface area (Å²) >= 11 is 1.81. The summed E-state index contributed by atoms with van der Waals surface area (Å²) in [7, 11) is 3.79. The van der Waals surface area contributed by atoms with Gasteiger partial charge in [-0.3, -0.25) is 0 Å². The van der Waals surface area contributed by atoms with Gasteiger partial charge in [-0.25, -0.2) is 0 Å². The van der Waals surface area contributed by atoms with E-state index in [9.17, 15) is 0 Å². The summed E-state index contributed by atoms with van der Waals surface area (Å²) in [6.45, 7) is 3.10. The van der Waals surface area contributed by atoms with Crippen LogP contribution in [0.25, 0.3) is 0 Å². The number of thioether (sulfide) groups is 1. The molecule has 0 saturated carbocycles. The van der Waals surface area contributed by atoms with Crippen LogP contribution in [0.5, 0.6) is 0 Å². The van der Waals surface area contributed by atoms with Gasteiger partial charge in [-0.2, -0.15) is 0 Å². The zero-order chi connectivity index (χ0) is 12.7. The van der Waals surface area contributed by atoms with Crippen LogP contribution in [-0.4, -0.2) is 27.0 Å². The molecule has 0 radical (unpaired) electrons. The van der Waals surface area contributed by atoms with Gasteiger partial charge in [0.15, 0.2) is 0 Å². The van der Waals surface area contributed by atoms with E-state index in [-0.39, 0.29) is 0 Å². The van der Waals surface area contributed by atoms with E-state index < -0.39 is 0 Å². The van der Waals surface area contributed by atoms with Crippen LogP contribution < -0.4 is 5.32 Å². The van der Waals surface area contributed by atoms with Crippen LogP contribution in [0.2, 0.25) is 0 Å². The number of benzene rings is 1. The molecule has 1 rings (SSSR count). The molecule has 0 amide bonds. The van der Waals surface area contributed by atoms with Crippen molar-refractivity contribution in [3.63, 3.8) is 0 Å². The molecule has 0 aromatic heterocycles. The molecule has 0 aliphatic rings. The Labute approximate surface area is 109 Å². The zero-order valence-corrected chi connectivity index (χ0v) is 12.0. The van der Waals surface area contributed by atoms with Crippen molar-refractivity contribution >= 4 is 11.8 Å². The van der Waals surface area contributed by atoms with Gasteiger partial charge in [0.1, 0.15) is 0 Å². The van der Waals surface area contributed by atoms with Gasteiger partial charge in [0.25, 0.3) is 0 Å². The van der Waals surface area contributed by atoms with Crippen LogP contribution in [0.3, 0.4) is 0 Å². The summed E-state index contributed by atoms with van der Waals surface area (Å²) in [5, 5.41) is 3.43. The number of ether oxygens (including phenoxy) is 1. The smallest absolute Gasteiger partial charge is 0.0465 e. The summed E-state index contributed by atoms with van der Waals surface area (Å²) in [4.78, 5) is 1.36. The molecule has 0 aliphatic heterocycles. The lowest BCUT2D eigenvalue weighted by atomic mass is 9.92. The van der Waals surface area contributed by atoms with Gasteiger partial charge >= 0.3 is 0 Å². The van der Waals surface area contributed by atoms with E-state index in [2.05, 4.69) is 42.8 Å². The SMILES string of the molecule is CNC(c1ccccc1SC)C(C)CCOC. The van der Waals surface area contributed by atoms with E-state index in [0.29, 0.717) is 12.0 Å². The van der Waals surface area contributed by atoms with Gasteiger partial charge in [-0.05, 0) is 37.3 Å². The first-order valence-corrected chi connectivity index (χ1v) is 7.26. The fraction of sp³-hybridized carbons (Fsp3) is 0.571. The third-order valence-corrected chi connectivity index (χ3v) is 3.94. The van der Waals surface area contributed by atoms with Crippen molar-refractivity contribution in [1.82, 2.24) is 5.32 Å². The van der Waals surface area contributed by atoms with Gasteiger partial charge in [0, 0.05) is 24.7 Å². The first-order chi connectivity index (χ1) is 8.24. The lowest BCUT2D eigenvalue weighted by Gasteiger charge is -2.25. The van der Waals surface area contributed by atoms with Crippen molar-refractivity contribution in [3.05, 3.63) is 29.8 Å². The highest BCUT2D eigenvalue weighted by atomic mass is 32.2. The first-order valence-electron chi connectivity index (χ1n) is 6.03. The van der Waals surface area contributed by atoms with Crippen molar-refractivity contribution in [2.24, 2.45) is 5.92 Å². The Morgan fingerprint density at radius 2 is 2.06 bits per heavy atom. The van der Waals surface area contributed by atoms with Crippen LogP contribution in [0.4, 0.5) is 0 Å². The van der Waals surface area contributed by atoms with Gasteiger partial charge < -0.3 is 10.1 Å². The fourth-order valence-electron chi connectivity index (χ4n) is 2.14. The molecule has 17 heavy (non-hydrogen) atoms. The molecule has 0 spiro atoms. The quantitative estimate of drug-likeness (QED) is 0.753. The van der Waals surface area contributed by atoms with E-state index in [1.54, 1.807) is 7.11 Å². The van der Waals surface area contributed by atoms with Crippen molar-refractivity contribution < 1.29 is 4.74 Å². The van der Waals surface area contributed by atoms with E-state index in [1.807, 2.05) is 18.8 Å². The molecule has 1 N–H and O–H groups in total. The standard InChI is InChI=1S/C14H23NOS/c1-11(9-10-16-3)14(15-2)12-7-5-6-8-13(12)17-4/h5-8,11,14-15H,9-10H2,1-4H3. The second kappa shape index (κ2) is 7.75. The minimum atomic E-state index is 0.397. The van der Waals surface area contributed by atoms with Crippen molar-refractivity contribution in [2.45, 2.75) is 24.3 Å². The van der Waals surface area contributed by atoms with Crippen molar-refractivity contribution in [3.8, 4) is 0 Å². The Morgan fingerprint density at radius 1 is 1.35 bits per heavy atom. The molecule has 0 saturated heterocycles. The summed E-state index contributed by atoms with van der Waals surface area (Å²) in [5.74, 6) is 0.563. The Kier molecular flexibility index (Phi) is 6.63. The van der Waals surface area contributed by atoms with Gasteiger partial charge in [-0.15, -0.1) is 11.8 Å². The molecular weight excluding hydrogens is 230 g/mol. The van der Waals surface area contributed by atoms with Crippen molar-refractivity contribution in [2.75, 3.05) is 27.0 Å². The minimum absolute atomic E-state index is 0.397. The Bertz CT molecular complexity index is 330. The van der Waals surface area contributed by atoms with E-state index >= 15 is 0 Å². The Morgan fingerprint density at radius 3 is 2.65 bits per heavy atom. The Hall–Kier alpha value is -0.510. The fourth-order valence-corrected chi connectivity index (χ4v) is 2.79. The average molecular weight is 253 g/mol. The molecule has 0 fully saturated rings. The maximum Gasteiger partial charge on any atom is 0.0465 e. The third-order valence-electron chi connectivity index (χ3n) is 3.13. The first kappa shape index (κ1) is 14.6. The largest absolute Gasteiger partial charge is 0.385 e. The summed E-state index contributed by atoms with van der Waals surface area (Å²) in [5.41, 5.74) is 1.39. The second-order valence-corrected chi connectivity index (χ2v) is 5.12. The van der Waals surface area contributed by atoms with E-state index in [0.717, 1.165) is 13.0 Å². The number of methoxy groups -OCH3 is 1. The van der Waals surface area contributed by atoms with E-state index in [1.165, 1.54) is 10.5 Å². The molecule has 96 valence electrons. The highest BCUT2D eigenvalue weighted by Crippen LogP contribution is 2.31. The molecule has 1 aromatic carbocycles. The molecule has 0 heterocycles. The molecule has 0 aliphatic carbocycles. The highest BCUT2D eigenvalue weighted by Gasteiger charge is 2.19. The Balaban J connectivity index is 2.84. The topological polar surface area (TPSA) is 21.3 Å². The maximum absolute atomic E-state index is 5.17. The summed E-state index contributed by atoms with van der Waals surface area (Å²) in [6.07, 6.45) is 3.20. The van der Waals surface area contributed by atoms with Crippen molar-refractivity contribution in [1.29, 1.82) is 0 Å². The molecule has 2 nitrogen and oxygen atoms in total. The molecule has 2 unspecified atom stereocenters. The zero-order valence-electron chi connectivity index (χ0n) is 11.2. The van der Waals surface area contributed by atoms with Crippen LogP contribution in [0.1, 0.15) is 24.9 Å². The second-order valence-electron chi connectivity index (χ2n) is 4.27. The highest BCUT2D eigenvalue weighted by molar-refractivity contribution is 7.98. The predicted octanol–water partition coefficient (Wildman–Crippen LogP) is 3.34. The van der Waals surface area contributed by atoms with Crippen LogP contribution in [0.15, 0.2) is 29.2 Å². The number of nitrogens with one attached hydrogen (secondary N) is 1. The molecule has 1 aromatic rings. The van der Waals surface area contributed by atoms with Crippen LogP contribution in [0, 0.1) is 5.92 Å². The lowest BCUT2D eigenvalue weighted by Crippen LogP contribution is -2.25. The van der Waals surface area contributed by atoms with Gasteiger partial charge in [0.2, 0.25) is 0 Å².